The minimum Gasteiger partial charge on any atom is -0.373 e. The summed E-state index contributed by atoms with van der Waals surface area (Å²) in [5, 5.41) is 4.30. The molecule has 1 saturated heterocycles. The van der Waals surface area contributed by atoms with Gasteiger partial charge in [-0.05, 0) is 38.2 Å². The molecule has 1 fully saturated rings. The third kappa shape index (κ3) is 3.41. The SMILES string of the molecule is CC1(C)CN(Cn2nc3ccc(C(F)(F)F)cn3c2=S)CCO1. The summed E-state index contributed by atoms with van der Waals surface area (Å²) >= 11 is 5.27. The molecule has 5 nitrogen and oxygen atoms in total. The lowest BCUT2D eigenvalue weighted by molar-refractivity contribution is -0.137. The van der Waals surface area contributed by atoms with Crippen molar-refractivity contribution in [3.8, 4) is 0 Å². The largest absolute Gasteiger partial charge is 0.417 e. The van der Waals surface area contributed by atoms with E-state index in [0.717, 1.165) is 18.8 Å². The topological polar surface area (TPSA) is 34.7 Å². The summed E-state index contributed by atoms with van der Waals surface area (Å²) in [6, 6.07) is 2.34. The van der Waals surface area contributed by atoms with E-state index in [9.17, 15) is 13.2 Å². The van der Waals surface area contributed by atoms with Crippen molar-refractivity contribution in [3.63, 3.8) is 0 Å². The van der Waals surface area contributed by atoms with E-state index >= 15 is 0 Å². The molecule has 0 atom stereocenters. The molecule has 0 N–H and O–H groups in total. The smallest absolute Gasteiger partial charge is 0.373 e. The fraction of sp³-hybridized carbons (Fsp3) is 0.571. The second-order valence-corrected chi connectivity index (χ2v) is 6.59. The molecule has 0 bridgehead atoms. The van der Waals surface area contributed by atoms with Gasteiger partial charge in [0.2, 0.25) is 4.77 Å². The molecular formula is C14H17F3N4OS. The van der Waals surface area contributed by atoms with Gasteiger partial charge in [0.05, 0.1) is 24.4 Å². The zero-order chi connectivity index (χ0) is 16.8. The van der Waals surface area contributed by atoms with E-state index in [0.29, 0.717) is 25.5 Å². The highest BCUT2D eigenvalue weighted by Crippen LogP contribution is 2.29. The molecule has 2 aromatic rings. The van der Waals surface area contributed by atoms with Crippen LogP contribution in [0.25, 0.3) is 5.65 Å². The van der Waals surface area contributed by atoms with Gasteiger partial charge in [-0.25, -0.2) is 4.68 Å². The Kier molecular flexibility index (Phi) is 3.97. The molecule has 0 spiro atoms. The first-order valence-corrected chi connectivity index (χ1v) is 7.59. The number of halogens is 3. The molecule has 0 radical (unpaired) electrons. The molecule has 0 amide bonds. The fourth-order valence-corrected chi connectivity index (χ4v) is 2.95. The maximum atomic E-state index is 12.8. The van der Waals surface area contributed by atoms with Gasteiger partial charge in [-0.1, -0.05) is 0 Å². The van der Waals surface area contributed by atoms with Crippen LogP contribution in [0.3, 0.4) is 0 Å². The summed E-state index contributed by atoms with van der Waals surface area (Å²) < 4.78 is 47.2. The zero-order valence-electron chi connectivity index (χ0n) is 12.8. The van der Waals surface area contributed by atoms with Gasteiger partial charge in [0.1, 0.15) is 0 Å². The predicted octanol–water partition coefficient (Wildman–Crippen LogP) is 2.95. The van der Waals surface area contributed by atoms with E-state index < -0.39 is 11.7 Å². The van der Waals surface area contributed by atoms with Crippen LogP contribution in [0.15, 0.2) is 18.3 Å². The van der Waals surface area contributed by atoms with Crippen molar-refractivity contribution in [1.82, 2.24) is 19.1 Å². The molecular weight excluding hydrogens is 329 g/mol. The number of alkyl halides is 3. The number of morpholine rings is 1. The summed E-state index contributed by atoms with van der Waals surface area (Å²) in [5.41, 5.74) is -0.605. The highest BCUT2D eigenvalue weighted by molar-refractivity contribution is 7.71. The van der Waals surface area contributed by atoms with Crippen molar-refractivity contribution in [2.24, 2.45) is 0 Å². The Morgan fingerprint density at radius 3 is 2.74 bits per heavy atom. The van der Waals surface area contributed by atoms with Crippen LogP contribution in [0.2, 0.25) is 0 Å². The van der Waals surface area contributed by atoms with Crippen molar-refractivity contribution < 1.29 is 17.9 Å². The molecule has 1 aliphatic heterocycles. The van der Waals surface area contributed by atoms with Crippen molar-refractivity contribution >= 4 is 17.9 Å². The molecule has 0 unspecified atom stereocenters. The van der Waals surface area contributed by atoms with E-state index in [4.69, 9.17) is 17.0 Å². The van der Waals surface area contributed by atoms with Crippen LogP contribution < -0.4 is 0 Å². The molecule has 23 heavy (non-hydrogen) atoms. The summed E-state index contributed by atoms with van der Waals surface area (Å²) in [4.78, 5) is 2.12. The van der Waals surface area contributed by atoms with E-state index in [2.05, 4.69) is 10.00 Å². The second kappa shape index (κ2) is 5.57. The number of aromatic nitrogens is 3. The standard InChI is InChI=1S/C14H17F3N4OS/c1-13(2)8-19(5-6-22-13)9-21-12(23)20-7-10(14(15,16)17)3-4-11(20)18-21/h3-4,7H,5-6,8-9H2,1-2H3. The number of rotatable bonds is 2. The number of hydrogen-bond donors (Lipinski definition) is 0. The summed E-state index contributed by atoms with van der Waals surface area (Å²) in [7, 11) is 0. The fourth-order valence-electron chi connectivity index (χ4n) is 2.70. The Bertz CT molecular complexity index is 780. The average Bonchev–Trinajstić information content (AvgIpc) is 2.73. The van der Waals surface area contributed by atoms with Crippen LogP contribution in [-0.4, -0.2) is 44.4 Å². The lowest BCUT2D eigenvalue weighted by Gasteiger charge is -2.37. The highest BCUT2D eigenvalue weighted by Gasteiger charge is 2.31. The maximum Gasteiger partial charge on any atom is 0.417 e. The Morgan fingerprint density at radius 1 is 1.35 bits per heavy atom. The number of fused-ring (bicyclic) bond motifs is 1. The number of nitrogens with zero attached hydrogens (tertiary/aromatic N) is 4. The lowest BCUT2D eigenvalue weighted by Crippen LogP contribution is -2.48. The van der Waals surface area contributed by atoms with Gasteiger partial charge in [0, 0.05) is 19.3 Å². The minimum atomic E-state index is -4.40. The van der Waals surface area contributed by atoms with Crippen LogP contribution in [-0.2, 0) is 17.6 Å². The first-order chi connectivity index (χ1) is 10.7. The third-order valence-corrected chi connectivity index (χ3v) is 4.15. The quantitative estimate of drug-likeness (QED) is 0.783. The van der Waals surface area contributed by atoms with Gasteiger partial charge in [0.15, 0.2) is 5.65 Å². The van der Waals surface area contributed by atoms with Gasteiger partial charge < -0.3 is 4.74 Å². The summed E-state index contributed by atoms with van der Waals surface area (Å²) in [6.45, 7) is 6.46. The van der Waals surface area contributed by atoms with Gasteiger partial charge in [0.25, 0.3) is 0 Å². The minimum absolute atomic E-state index is 0.246. The monoisotopic (exact) mass is 346 g/mol. The molecule has 2 aromatic heterocycles. The number of ether oxygens (including phenoxy) is 1. The average molecular weight is 346 g/mol. The normalized spacial score (nSPS) is 19.3. The predicted molar refractivity (Wildman–Crippen MR) is 80.6 cm³/mol. The zero-order valence-corrected chi connectivity index (χ0v) is 13.6. The molecule has 9 heteroatoms. The highest BCUT2D eigenvalue weighted by atomic mass is 32.1. The third-order valence-electron chi connectivity index (χ3n) is 3.74. The van der Waals surface area contributed by atoms with E-state index in [1.165, 1.54) is 10.5 Å². The molecule has 126 valence electrons. The van der Waals surface area contributed by atoms with E-state index in [1.807, 2.05) is 13.8 Å². The van der Waals surface area contributed by atoms with Crippen molar-refractivity contribution in [2.75, 3.05) is 19.7 Å². The molecule has 0 aromatic carbocycles. The summed E-state index contributed by atoms with van der Waals surface area (Å²) in [6.07, 6.45) is -3.41. The van der Waals surface area contributed by atoms with Gasteiger partial charge >= 0.3 is 6.18 Å². The van der Waals surface area contributed by atoms with Crippen molar-refractivity contribution in [3.05, 3.63) is 28.7 Å². The molecule has 3 heterocycles. The maximum absolute atomic E-state index is 12.8. The Balaban J connectivity index is 1.90. The van der Waals surface area contributed by atoms with Crippen LogP contribution in [0, 0.1) is 4.77 Å². The van der Waals surface area contributed by atoms with Crippen LogP contribution in [0.5, 0.6) is 0 Å². The second-order valence-electron chi connectivity index (χ2n) is 6.23. The van der Waals surface area contributed by atoms with Crippen LogP contribution in [0.4, 0.5) is 13.2 Å². The van der Waals surface area contributed by atoms with Gasteiger partial charge in [-0.15, -0.1) is 0 Å². The summed E-state index contributed by atoms with van der Waals surface area (Å²) in [5.74, 6) is 0. The van der Waals surface area contributed by atoms with Crippen LogP contribution >= 0.6 is 12.2 Å². The Morgan fingerprint density at radius 2 is 2.09 bits per heavy atom. The Hall–Kier alpha value is -1.45. The molecule has 3 rings (SSSR count). The first kappa shape index (κ1) is 16.4. The van der Waals surface area contributed by atoms with Gasteiger partial charge in [-0.3, -0.25) is 9.30 Å². The van der Waals surface area contributed by atoms with E-state index in [-0.39, 0.29) is 10.4 Å². The number of pyridine rings is 1. The molecule has 1 aliphatic rings. The van der Waals surface area contributed by atoms with Crippen molar-refractivity contribution in [2.45, 2.75) is 32.3 Å². The lowest BCUT2D eigenvalue weighted by atomic mass is 10.1. The van der Waals surface area contributed by atoms with Gasteiger partial charge in [-0.2, -0.15) is 18.3 Å². The van der Waals surface area contributed by atoms with Crippen molar-refractivity contribution in [1.29, 1.82) is 0 Å². The number of hydrogen-bond acceptors (Lipinski definition) is 4. The molecule has 0 saturated carbocycles. The van der Waals surface area contributed by atoms with E-state index in [1.54, 1.807) is 4.68 Å². The first-order valence-electron chi connectivity index (χ1n) is 7.18. The Labute approximate surface area is 136 Å². The molecule has 0 aliphatic carbocycles. The van der Waals surface area contributed by atoms with Crippen LogP contribution in [0.1, 0.15) is 19.4 Å².